The molecule has 2 rings (SSSR count). The van der Waals surface area contributed by atoms with E-state index in [0.717, 1.165) is 19.1 Å². The van der Waals surface area contributed by atoms with Gasteiger partial charge in [-0.25, -0.2) is 0 Å². The normalized spacial score (nSPS) is 43.5. The van der Waals surface area contributed by atoms with Crippen LogP contribution in [0.15, 0.2) is 12.2 Å². The van der Waals surface area contributed by atoms with Crippen molar-refractivity contribution in [3.8, 4) is 0 Å². The van der Waals surface area contributed by atoms with E-state index in [1.807, 2.05) is 6.08 Å². The Kier molecular flexibility index (Phi) is 7.35. The van der Waals surface area contributed by atoms with Crippen molar-refractivity contribution in [2.45, 2.75) is 76.8 Å². The summed E-state index contributed by atoms with van der Waals surface area (Å²) in [5, 5.41) is 39.2. The van der Waals surface area contributed by atoms with Crippen LogP contribution < -0.4 is 0 Å². The van der Waals surface area contributed by atoms with Crippen molar-refractivity contribution < 1.29 is 34.7 Å². The first-order valence-electron chi connectivity index (χ1n) is 9.27. The van der Waals surface area contributed by atoms with Crippen molar-refractivity contribution in [3.05, 3.63) is 12.2 Å². The summed E-state index contributed by atoms with van der Waals surface area (Å²) in [6.07, 6.45) is 0.310. The van der Waals surface area contributed by atoms with Gasteiger partial charge in [-0.15, -0.1) is 0 Å². The standard InChI is InChI=1S/C19H32O7/c1-11-8-12(9-19(2,3)13(11)6-4-5-7-20)25-18-17(24)16(23)15(22)14(10-21)26-18/h4,6-7,11-18,21-24H,5,8-10H2,1-3H3/b6-4+/t11-,12+,13?,14-,15-,16+,17-,18-/m1/s1. The van der Waals surface area contributed by atoms with Crippen LogP contribution in [0.3, 0.4) is 0 Å². The van der Waals surface area contributed by atoms with Gasteiger partial charge >= 0.3 is 0 Å². The van der Waals surface area contributed by atoms with Gasteiger partial charge in [0.2, 0.25) is 0 Å². The Hall–Kier alpha value is -0.830. The summed E-state index contributed by atoms with van der Waals surface area (Å²) >= 11 is 0. The second-order valence-electron chi connectivity index (χ2n) is 8.22. The van der Waals surface area contributed by atoms with Crippen molar-refractivity contribution in [1.82, 2.24) is 0 Å². The van der Waals surface area contributed by atoms with Gasteiger partial charge in [0.05, 0.1) is 12.7 Å². The Morgan fingerprint density at radius 2 is 1.88 bits per heavy atom. The van der Waals surface area contributed by atoms with Crippen LogP contribution in [-0.2, 0) is 14.3 Å². The van der Waals surface area contributed by atoms with Crippen molar-refractivity contribution in [3.63, 3.8) is 0 Å². The van der Waals surface area contributed by atoms with Crippen LogP contribution in [0, 0.1) is 17.3 Å². The number of allylic oxidation sites excluding steroid dienone is 2. The molecule has 2 aliphatic rings. The van der Waals surface area contributed by atoms with Crippen LogP contribution in [0.5, 0.6) is 0 Å². The second kappa shape index (κ2) is 8.91. The summed E-state index contributed by atoms with van der Waals surface area (Å²) in [6, 6.07) is 0. The van der Waals surface area contributed by atoms with E-state index in [9.17, 15) is 25.2 Å². The lowest BCUT2D eigenvalue weighted by molar-refractivity contribution is -0.316. The molecular formula is C19H32O7. The van der Waals surface area contributed by atoms with Crippen LogP contribution in [0.1, 0.15) is 40.0 Å². The number of aliphatic hydroxyl groups excluding tert-OH is 4. The van der Waals surface area contributed by atoms with E-state index in [1.165, 1.54) is 0 Å². The predicted molar refractivity (Wildman–Crippen MR) is 94.1 cm³/mol. The quantitative estimate of drug-likeness (QED) is 0.394. The van der Waals surface area contributed by atoms with Crippen molar-refractivity contribution in [1.29, 1.82) is 0 Å². The summed E-state index contributed by atoms with van der Waals surface area (Å²) in [6.45, 7) is 5.94. The van der Waals surface area contributed by atoms with Gasteiger partial charge in [-0.3, -0.25) is 0 Å². The fourth-order valence-electron chi connectivity index (χ4n) is 4.34. The van der Waals surface area contributed by atoms with Crippen molar-refractivity contribution in [2.24, 2.45) is 17.3 Å². The van der Waals surface area contributed by atoms with Crippen molar-refractivity contribution in [2.75, 3.05) is 6.61 Å². The lowest BCUT2D eigenvalue weighted by Gasteiger charge is -2.47. The van der Waals surface area contributed by atoms with Crippen LogP contribution in [-0.4, -0.2) is 70.1 Å². The highest BCUT2D eigenvalue weighted by Crippen LogP contribution is 2.46. The van der Waals surface area contributed by atoms with E-state index in [1.54, 1.807) is 0 Å². The summed E-state index contributed by atoms with van der Waals surface area (Å²) in [7, 11) is 0. The number of carbonyl (C=O) groups excluding carboxylic acids is 1. The maximum absolute atomic E-state index is 10.5. The van der Waals surface area contributed by atoms with Gasteiger partial charge in [-0.1, -0.05) is 32.9 Å². The lowest BCUT2D eigenvalue weighted by Crippen LogP contribution is -2.60. The minimum Gasteiger partial charge on any atom is -0.394 e. The maximum Gasteiger partial charge on any atom is 0.186 e. The van der Waals surface area contributed by atoms with Crippen LogP contribution >= 0.6 is 0 Å². The van der Waals surface area contributed by atoms with Gasteiger partial charge in [0.25, 0.3) is 0 Å². The summed E-state index contributed by atoms with van der Waals surface area (Å²) < 4.78 is 11.4. The van der Waals surface area contributed by atoms with Gasteiger partial charge in [-0.2, -0.15) is 0 Å². The van der Waals surface area contributed by atoms with E-state index in [2.05, 4.69) is 26.8 Å². The fourth-order valence-corrected chi connectivity index (χ4v) is 4.34. The average molecular weight is 372 g/mol. The number of carbonyl (C=O) groups is 1. The Morgan fingerprint density at radius 1 is 1.19 bits per heavy atom. The molecule has 0 amide bonds. The number of ether oxygens (including phenoxy) is 2. The van der Waals surface area contributed by atoms with Gasteiger partial charge in [0.15, 0.2) is 6.29 Å². The molecule has 7 heteroatoms. The molecule has 8 atom stereocenters. The molecule has 1 heterocycles. The highest BCUT2D eigenvalue weighted by molar-refractivity contribution is 5.51. The Labute approximate surface area is 154 Å². The van der Waals surface area contributed by atoms with Gasteiger partial charge in [-0.05, 0) is 30.1 Å². The molecule has 1 saturated heterocycles. The zero-order chi connectivity index (χ0) is 19.5. The second-order valence-corrected chi connectivity index (χ2v) is 8.22. The third-order valence-electron chi connectivity index (χ3n) is 5.65. The molecule has 1 unspecified atom stereocenters. The molecule has 0 spiro atoms. The molecule has 0 bridgehead atoms. The number of aldehydes is 1. The third kappa shape index (κ3) is 4.71. The highest BCUT2D eigenvalue weighted by atomic mass is 16.7. The number of hydrogen-bond donors (Lipinski definition) is 4. The average Bonchev–Trinajstić information content (AvgIpc) is 2.57. The number of aliphatic hydroxyl groups is 4. The molecule has 0 aromatic heterocycles. The largest absolute Gasteiger partial charge is 0.394 e. The molecule has 1 aliphatic heterocycles. The Bertz CT molecular complexity index is 490. The molecule has 7 nitrogen and oxygen atoms in total. The van der Waals surface area contributed by atoms with Gasteiger partial charge in [0, 0.05) is 6.42 Å². The Balaban J connectivity index is 2.03. The molecular weight excluding hydrogens is 340 g/mol. The molecule has 2 fully saturated rings. The SMILES string of the molecule is C[C@@H]1C[C@H](O[C@@H]2O[C@H](CO)[C@@H](O)[C@H](O)[C@H]2O)CC(C)(C)C1/C=C/CC=O. The topological polar surface area (TPSA) is 116 Å². The first-order valence-corrected chi connectivity index (χ1v) is 9.27. The molecule has 1 saturated carbocycles. The van der Waals surface area contributed by atoms with E-state index in [0.29, 0.717) is 18.3 Å². The number of hydrogen-bond acceptors (Lipinski definition) is 7. The van der Waals surface area contributed by atoms with Crippen LogP contribution in [0.2, 0.25) is 0 Å². The molecule has 26 heavy (non-hydrogen) atoms. The van der Waals surface area contributed by atoms with E-state index < -0.39 is 37.3 Å². The van der Waals surface area contributed by atoms with E-state index in [4.69, 9.17) is 9.47 Å². The Morgan fingerprint density at radius 3 is 2.46 bits per heavy atom. The molecule has 0 radical (unpaired) electrons. The van der Waals surface area contributed by atoms with E-state index >= 15 is 0 Å². The first kappa shape index (κ1) is 21.5. The first-order chi connectivity index (χ1) is 12.2. The zero-order valence-electron chi connectivity index (χ0n) is 15.7. The highest BCUT2D eigenvalue weighted by Gasteiger charge is 2.47. The van der Waals surface area contributed by atoms with E-state index in [-0.39, 0.29) is 11.5 Å². The summed E-state index contributed by atoms with van der Waals surface area (Å²) in [5.41, 5.74) is -0.0736. The summed E-state index contributed by atoms with van der Waals surface area (Å²) in [4.78, 5) is 10.5. The minimum atomic E-state index is -1.43. The predicted octanol–water partition coefficient (Wildman–Crippen LogP) is 0.389. The fraction of sp³-hybridized carbons (Fsp3) is 0.842. The minimum absolute atomic E-state index is 0.0736. The van der Waals surface area contributed by atoms with Crippen LogP contribution in [0.4, 0.5) is 0 Å². The smallest absolute Gasteiger partial charge is 0.186 e. The van der Waals surface area contributed by atoms with Gasteiger partial charge in [0.1, 0.15) is 30.7 Å². The lowest BCUT2D eigenvalue weighted by atomic mass is 9.63. The molecule has 0 aromatic rings. The third-order valence-corrected chi connectivity index (χ3v) is 5.65. The van der Waals surface area contributed by atoms with Crippen LogP contribution in [0.25, 0.3) is 0 Å². The molecule has 1 aliphatic carbocycles. The molecule has 4 N–H and O–H groups in total. The maximum atomic E-state index is 10.5. The molecule has 150 valence electrons. The zero-order valence-corrected chi connectivity index (χ0v) is 15.7. The molecule has 0 aromatic carbocycles. The summed E-state index contributed by atoms with van der Waals surface area (Å²) in [5.74, 6) is 0.605. The van der Waals surface area contributed by atoms with Crippen molar-refractivity contribution >= 4 is 6.29 Å². The monoisotopic (exact) mass is 372 g/mol. The number of rotatable bonds is 6. The van der Waals surface area contributed by atoms with Gasteiger partial charge < -0.3 is 34.7 Å².